The van der Waals surface area contributed by atoms with Gasteiger partial charge >= 0.3 is 0 Å². The molecule has 80 valence electrons. The zero-order valence-electron chi connectivity index (χ0n) is 8.56. The van der Waals surface area contributed by atoms with Crippen molar-refractivity contribution in [3.05, 3.63) is 35.4 Å². The van der Waals surface area contributed by atoms with Gasteiger partial charge in [-0.1, -0.05) is 12.8 Å². The minimum atomic E-state index is -0.438. The normalized spacial score (nSPS) is 12.1. The lowest BCUT2D eigenvalue weighted by Crippen LogP contribution is -2.22. The van der Waals surface area contributed by atoms with E-state index in [0.717, 1.165) is 12.1 Å². The van der Waals surface area contributed by atoms with Gasteiger partial charge in [0.1, 0.15) is 11.6 Å². The van der Waals surface area contributed by atoms with Crippen molar-refractivity contribution in [2.75, 3.05) is 6.54 Å². The Morgan fingerprint density at radius 1 is 1.47 bits per heavy atom. The molecule has 0 heterocycles. The molecule has 15 heavy (non-hydrogen) atoms. The molecule has 1 rings (SSSR count). The van der Waals surface area contributed by atoms with Crippen LogP contribution in [0, 0.1) is 24.0 Å². The molecule has 0 aliphatic heterocycles. The van der Waals surface area contributed by atoms with Crippen LogP contribution in [0.15, 0.2) is 18.2 Å². The van der Waals surface area contributed by atoms with Crippen LogP contribution in [0.1, 0.15) is 24.9 Å². The van der Waals surface area contributed by atoms with Gasteiger partial charge in [-0.25, -0.2) is 8.78 Å². The molecular formula is C12H13F2N. The second kappa shape index (κ2) is 5.47. The van der Waals surface area contributed by atoms with Gasteiger partial charge in [0.15, 0.2) is 0 Å². The minimum absolute atomic E-state index is 0.239. The van der Waals surface area contributed by atoms with E-state index in [2.05, 4.69) is 11.2 Å². The van der Waals surface area contributed by atoms with Crippen LogP contribution in [0.2, 0.25) is 0 Å². The van der Waals surface area contributed by atoms with Crippen molar-refractivity contribution in [2.45, 2.75) is 19.4 Å². The van der Waals surface area contributed by atoms with Crippen LogP contribution in [-0.2, 0) is 0 Å². The summed E-state index contributed by atoms with van der Waals surface area (Å²) in [6, 6.07) is 3.20. The molecule has 0 spiro atoms. The predicted molar refractivity (Wildman–Crippen MR) is 56.2 cm³/mol. The standard InChI is InChI=1S/C12H13F2N/c1-3-7-15-12(4-2)10-8-9(13)5-6-11(10)14/h1,5-6,8,12,15H,4,7H2,2H3. The molecule has 3 heteroatoms. The number of rotatable bonds is 4. The highest BCUT2D eigenvalue weighted by molar-refractivity contribution is 5.22. The molecule has 0 aromatic heterocycles. The van der Waals surface area contributed by atoms with Gasteiger partial charge in [-0.2, -0.15) is 0 Å². The van der Waals surface area contributed by atoms with Gasteiger partial charge in [-0.05, 0) is 24.6 Å². The molecule has 0 saturated carbocycles. The molecule has 0 fully saturated rings. The van der Waals surface area contributed by atoms with Gasteiger partial charge in [0, 0.05) is 11.6 Å². The summed E-state index contributed by atoms with van der Waals surface area (Å²) in [6.07, 6.45) is 5.75. The van der Waals surface area contributed by atoms with Gasteiger partial charge < -0.3 is 0 Å². The maximum Gasteiger partial charge on any atom is 0.128 e. The molecule has 1 nitrogen and oxygen atoms in total. The summed E-state index contributed by atoms with van der Waals surface area (Å²) in [5.41, 5.74) is 0.327. The zero-order chi connectivity index (χ0) is 11.3. The lowest BCUT2D eigenvalue weighted by Gasteiger charge is -2.16. The van der Waals surface area contributed by atoms with E-state index in [0.29, 0.717) is 18.5 Å². The molecule has 0 aliphatic rings. The van der Waals surface area contributed by atoms with Gasteiger partial charge in [0.05, 0.1) is 6.54 Å². The van der Waals surface area contributed by atoms with Gasteiger partial charge in [0.25, 0.3) is 0 Å². The maximum atomic E-state index is 13.4. The summed E-state index contributed by atoms with van der Waals surface area (Å²) in [5.74, 6) is 1.56. The first kappa shape index (κ1) is 11.7. The topological polar surface area (TPSA) is 12.0 Å². The molecule has 0 radical (unpaired) electrons. The Bertz CT molecular complexity index is 368. The number of terminal acetylenes is 1. The largest absolute Gasteiger partial charge is 0.299 e. The highest BCUT2D eigenvalue weighted by atomic mass is 19.1. The Kier molecular flexibility index (Phi) is 4.26. The number of nitrogens with one attached hydrogen (secondary N) is 1. The molecule has 1 N–H and O–H groups in total. The van der Waals surface area contributed by atoms with Crippen LogP contribution in [0.4, 0.5) is 8.78 Å². The summed E-state index contributed by atoms with van der Waals surface area (Å²) in [6.45, 7) is 2.23. The SMILES string of the molecule is C#CCNC(CC)c1cc(F)ccc1F. The van der Waals surface area contributed by atoms with E-state index in [1.54, 1.807) is 0 Å². The van der Waals surface area contributed by atoms with Crippen LogP contribution in [-0.4, -0.2) is 6.54 Å². The quantitative estimate of drug-likeness (QED) is 0.752. The minimum Gasteiger partial charge on any atom is -0.299 e. The van der Waals surface area contributed by atoms with Crippen molar-refractivity contribution in [2.24, 2.45) is 0 Å². The highest BCUT2D eigenvalue weighted by Crippen LogP contribution is 2.20. The molecule has 0 amide bonds. The Morgan fingerprint density at radius 2 is 2.20 bits per heavy atom. The summed E-state index contributed by atoms with van der Waals surface area (Å²) in [5, 5.41) is 2.96. The maximum absolute atomic E-state index is 13.4. The second-order valence-corrected chi connectivity index (χ2v) is 3.21. The number of hydrogen-bond acceptors (Lipinski definition) is 1. The Labute approximate surface area is 88.5 Å². The molecule has 1 atom stereocenters. The molecule has 0 bridgehead atoms. The predicted octanol–water partition coefficient (Wildman–Crippen LogP) is 2.64. The molecule has 0 saturated heterocycles. The second-order valence-electron chi connectivity index (χ2n) is 3.21. The van der Waals surface area contributed by atoms with Gasteiger partial charge in [-0.15, -0.1) is 6.42 Å². The van der Waals surface area contributed by atoms with E-state index in [1.807, 2.05) is 6.92 Å². The monoisotopic (exact) mass is 209 g/mol. The van der Waals surface area contributed by atoms with Crippen molar-refractivity contribution in [3.8, 4) is 12.3 Å². The fraction of sp³-hybridized carbons (Fsp3) is 0.333. The lowest BCUT2D eigenvalue weighted by molar-refractivity contribution is 0.504. The van der Waals surface area contributed by atoms with Crippen molar-refractivity contribution >= 4 is 0 Å². The fourth-order valence-corrected chi connectivity index (χ4v) is 1.44. The first-order valence-corrected chi connectivity index (χ1v) is 4.80. The van der Waals surface area contributed by atoms with E-state index in [1.165, 1.54) is 6.07 Å². The van der Waals surface area contributed by atoms with Crippen molar-refractivity contribution in [1.29, 1.82) is 0 Å². The van der Waals surface area contributed by atoms with E-state index in [4.69, 9.17) is 6.42 Å². The number of halogens is 2. The first-order valence-electron chi connectivity index (χ1n) is 4.80. The highest BCUT2D eigenvalue weighted by Gasteiger charge is 2.13. The molecule has 1 unspecified atom stereocenters. The van der Waals surface area contributed by atoms with Crippen molar-refractivity contribution in [1.82, 2.24) is 5.32 Å². The van der Waals surface area contributed by atoms with Crippen LogP contribution in [0.5, 0.6) is 0 Å². The van der Waals surface area contributed by atoms with Gasteiger partial charge in [0.2, 0.25) is 0 Å². The first-order chi connectivity index (χ1) is 7.19. The zero-order valence-corrected chi connectivity index (χ0v) is 8.56. The van der Waals surface area contributed by atoms with E-state index in [-0.39, 0.29) is 6.04 Å². The summed E-state index contributed by atoms with van der Waals surface area (Å²) < 4.78 is 26.3. The Morgan fingerprint density at radius 3 is 2.80 bits per heavy atom. The number of benzene rings is 1. The van der Waals surface area contributed by atoms with E-state index < -0.39 is 11.6 Å². The average Bonchev–Trinajstić information content (AvgIpc) is 2.24. The Hall–Kier alpha value is -1.40. The summed E-state index contributed by atoms with van der Waals surface area (Å²) in [7, 11) is 0. The molecule has 0 aliphatic carbocycles. The third-order valence-electron chi connectivity index (χ3n) is 2.19. The van der Waals surface area contributed by atoms with Crippen LogP contribution >= 0.6 is 0 Å². The summed E-state index contributed by atoms with van der Waals surface area (Å²) in [4.78, 5) is 0. The van der Waals surface area contributed by atoms with Crippen molar-refractivity contribution in [3.63, 3.8) is 0 Å². The van der Waals surface area contributed by atoms with Crippen LogP contribution in [0.25, 0.3) is 0 Å². The van der Waals surface area contributed by atoms with E-state index in [9.17, 15) is 8.78 Å². The van der Waals surface area contributed by atoms with Crippen molar-refractivity contribution < 1.29 is 8.78 Å². The molecule has 1 aromatic rings. The van der Waals surface area contributed by atoms with E-state index >= 15 is 0 Å². The Balaban J connectivity index is 2.91. The summed E-state index contributed by atoms with van der Waals surface area (Å²) >= 11 is 0. The smallest absolute Gasteiger partial charge is 0.128 e. The number of hydrogen-bond donors (Lipinski definition) is 1. The third kappa shape index (κ3) is 3.03. The van der Waals surface area contributed by atoms with Gasteiger partial charge in [-0.3, -0.25) is 5.32 Å². The fourth-order valence-electron chi connectivity index (χ4n) is 1.44. The van der Waals surface area contributed by atoms with Crippen LogP contribution < -0.4 is 5.32 Å². The average molecular weight is 209 g/mol. The van der Waals surface area contributed by atoms with Crippen LogP contribution in [0.3, 0.4) is 0 Å². The third-order valence-corrected chi connectivity index (χ3v) is 2.19. The molecule has 1 aromatic carbocycles. The lowest BCUT2D eigenvalue weighted by atomic mass is 10.0. The molecular weight excluding hydrogens is 196 g/mol.